The first-order valence-electron chi connectivity index (χ1n) is 5.81. The number of nitrogens with zero attached hydrogens (tertiary/aromatic N) is 2. The van der Waals surface area contributed by atoms with Crippen molar-refractivity contribution >= 4 is 11.5 Å². The van der Waals surface area contributed by atoms with Gasteiger partial charge in [0, 0.05) is 25.7 Å². The highest BCUT2D eigenvalue weighted by Crippen LogP contribution is 2.25. The second kappa shape index (κ2) is 5.95. The third-order valence-corrected chi connectivity index (χ3v) is 2.55. The molecule has 0 aliphatic heterocycles. The summed E-state index contributed by atoms with van der Waals surface area (Å²) in [6.07, 6.45) is -4.67. The van der Waals surface area contributed by atoms with Gasteiger partial charge in [-0.05, 0) is 24.3 Å². The molecule has 0 spiro atoms. The van der Waals surface area contributed by atoms with Crippen LogP contribution in [0.2, 0.25) is 0 Å². The van der Waals surface area contributed by atoms with Crippen molar-refractivity contribution in [1.29, 1.82) is 0 Å². The number of ether oxygens (including phenoxy) is 1. The third kappa shape index (κ3) is 4.46. The lowest BCUT2D eigenvalue weighted by Gasteiger charge is -2.24. The van der Waals surface area contributed by atoms with Crippen LogP contribution in [0.5, 0.6) is 5.75 Å². The van der Waals surface area contributed by atoms with E-state index in [0.717, 1.165) is 11.5 Å². The van der Waals surface area contributed by atoms with Crippen molar-refractivity contribution in [3.63, 3.8) is 0 Å². The van der Waals surface area contributed by atoms with Gasteiger partial charge >= 0.3 is 6.36 Å². The minimum Gasteiger partial charge on any atom is -0.406 e. The zero-order chi connectivity index (χ0) is 14.6. The number of hydrogen-bond donors (Lipinski definition) is 0. The topological polar surface area (TPSA) is 24.8 Å². The fraction of sp³-hybridized carbons (Fsp3) is 0.462. The summed E-state index contributed by atoms with van der Waals surface area (Å²) in [6, 6.07) is 5.70. The molecule has 3 nitrogen and oxygen atoms in total. The van der Waals surface area contributed by atoms with E-state index in [9.17, 15) is 13.2 Å². The van der Waals surface area contributed by atoms with E-state index in [1.165, 1.54) is 12.1 Å². The molecule has 19 heavy (non-hydrogen) atoms. The highest BCUT2D eigenvalue weighted by molar-refractivity contribution is 5.98. The number of benzene rings is 1. The second-order valence-electron chi connectivity index (χ2n) is 4.34. The molecule has 0 radical (unpaired) electrons. The zero-order valence-electron chi connectivity index (χ0n) is 11.3. The summed E-state index contributed by atoms with van der Waals surface area (Å²) in [5.74, 6) is 0.842. The molecular formula is C13H17F3N2O. The van der Waals surface area contributed by atoms with Crippen molar-refractivity contribution in [1.82, 2.24) is 0 Å². The van der Waals surface area contributed by atoms with Crippen molar-refractivity contribution < 1.29 is 17.9 Å². The summed E-state index contributed by atoms with van der Waals surface area (Å²) in [6.45, 7) is 4.00. The average molecular weight is 274 g/mol. The Hall–Kier alpha value is -1.72. The van der Waals surface area contributed by atoms with Crippen molar-refractivity contribution in [2.75, 3.05) is 19.0 Å². The normalized spacial score (nSPS) is 12.7. The maximum Gasteiger partial charge on any atom is 0.573 e. The molecule has 0 aromatic heterocycles. The van der Waals surface area contributed by atoms with Gasteiger partial charge in [-0.1, -0.05) is 13.8 Å². The molecule has 0 aliphatic carbocycles. The van der Waals surface area contributed by atoms with Crippen LogP contribution in [-0.4, -0.2) is 26.3 Å². The first-order chi connectivity index (χ1) is 8.74. The smallest absolute Gasteiger partial charge is 0.406 e. The van der Waals surface area contributed by atoms with Gasteiger partial charge < -0.3 is 9.64 Å². The summed E-state index contributed by atoms with van der Waals surface area (Å²) < 4.78 is 39.9. The Morgan fingerprint density at radius 1 is 1.21 bits per heavy atom. The van der Waals surface area contributed by atoms with E-state index in [1.54, 1.807) is 19.2 Å². The number of alkyl halides is 3. The van der Waals surface area contributed by atoms with Gasteiger partial charge in [0.05, 0.1) is 0 Å². The fourth-order valence-electron chi connectivity index (χ4n) is 1.80. The largest absolute Gasteiger partial charge is 0.573 e. The van der Waals surface area contributed by atoms with Crippen LogP contribution in [-0.2, 0) is 0 Å². The second-order valence-corrected chi connectivity index (χ2v) is 4.34. The van der Waals surface area contributed by atoms with Crippen LogP contribution in [0.1, 0.15) is 13.8 Å². The van der Waals surface area contributed by atoms with Gasteiger partial charge in [-0.2, -0.15) is 0 Å². The Labute approximate surface area is 110 Å². The summed E-state index contributed by atoms with van der Waals surface area (Å²) in [5, 5.41) is 0. The van der Waals surface area contributed by atoms with Gasteiger partial charge in [0.15, 0.2) is 0 Å². The Kier molecular flexibility index (Phi) is 4.80. The summed E-state index contributed by atoms with van der Waals surface area (Å²) in [7, 11) is 3.51. The van der Waals surface area contributed by atoms with Crippen LogP contribution in [0, 0.1) is 5.92 Å². The first-order valence-corrected chi connectivity index (χ1v) is 5.81. The Balaban J connectivity index is 2.87. The molecule has 1 aromatic carbocycles. The first kappa shape index (κ1) is 15.3. The Bertz CT molecular complexity index is 438. The predicted molar refractivity (Wildman–Crippen MR) is 69.7 cm³/mol. The number of halogens is 3. The lowest BCUT2D eigenvalue weighted by Crippen LogP contribution is -2.30. The minimum absolute atomic E-state index is 0.223. The van der Waals surface area contributed by atoms with Crippen molar-refractivity contribution in [3.8, 4) is 5.75 Å². The lowest BCUT2D eigenvalue weighted by molar-refractivity contribution is -0.274. The molecule has 0 N–H and O–H groups in total. The SMILES string of the molecule is CN=C(C(C)C)N(C)c1ccc(OC(F)(F)F)cc1. The summed E-state index contributed by atoms with van der Waals surface area (Å²) in [4.78, 5) is 6.01. The van der Waals surface area contributed by atoms with Gasteiger partial charge in [-0.15, -0.1) is 13.2 Å². The molecule has 1 aromatic rings. The van der Waals surface area contributed by atoms with Crippen molar-refractivity contribution in [2.45, 2.75) is 20.2 Å². The Morgan fingerprint density at radius 3 is 2.11 bits per heavy atom. The molecule has 0 saturated carbocycles. The van der Waals surface area contributed by atoms with E-state index in [4.69, 9.17) is 0 Å². The number of hydrogen-bond acceptors (Lipinski definition) is 2. The van der Waals surface area contributed by atoms with E-state index >= 15 is 0 Å². The molecule has 0 amide bonds. The summed E-state index contributed by atoms with van der Waals surface area (Å²) >= 11 is 0. The molecule has 0 bridgehead atoms. The number of anilines is 1. The highest BCUT2D eigenvalue weighted by Gasteiger charge is 2.31. The van der Waals surface area contributed by atoms with Crippen LogP contribution < -0.4 is 9.64 Å². The predicted octanol–water partition coefficient (Wildman–Crippen LogP) is 3.71. The van der Waals surface area contributed by atoms with E-state index in [0.29, 0.717) is 0 Å². The molecule has 0 fully saturated rings. The fourth-order valence-corrected chi connectivity index (χ4v) is 1.80. The Morgan fingerprint density at radius 2 is 1.74 bits per heavy atom. The molecule has 1 rings (SSSR count). The van der Waals surface area contributed by atoms with Gasteiger partial charge in [0.1, 0.15) is 11.6 Å². The monoisotopic (exact) mass is 274 g/mol. The van der Waals surface area contributed by atoms with E-state index in [1.807, 2.05) is 25.8 Å². The quantitative estimate of drug-likeness (QED) is 0.620. The molecule has 0 unspecified atom stereocenters. The summed E-state index contributed by atoms with van der Waals surface area (Å²) in [5.41, 5.74) is 0.754. The average Bonchev–Trinajstić information content (AvgIpc) is 2.28. The van der Waals surface area contributed by atoms with Gasteiger partial charge in [0.2, 0.25) is 0 Å². The number of amidine groups is 1. The molecule has 0 heterocycles. The third-order valence-electron chi connectivity index (χ3n) is 2.55. The lowest BCUT2D eigenvalue weighted by atomic mass is 10.1. The van der Waals surface area contributed by atoms with Crippen molar-refractivity contribution in [2.24, 2.45) is 10.9 Å². The molecule has 0 saturated heterocycles. The number of rotatable bonds is 3. The van der Waals surface area contributed by atoms with E-state index in [2.05, 4.69) is 9.73 Å². The van der Waals surface area contributed by atoms with Crippen LogP contribution in [0.4, 0.5) is 18.9 Å². The van der Waals surface area contributed by atoms with E-state index in [-0.39, 0.29) is 11.7 Å². The molecular weight excluding hydrogens is 257 g/mol. The maximum atomic E-state index is 12.0. The maximum absolute atomic E-state index is 12.0. The standard InChI is InChI=1S/C13H17F3N2O/c1-9(2)12(17-3)18(4)10-5-7-11(8-6-10)19-13(14,15)16/h5-9H,1-4H3. The molecule has 0 atom stereocenters. The van der Waals surface area contributed by atoms with Gasteiger partial charge in [0.25, 0.3) is 0 Å². The van der Waals surface area contributed by atoms with Crippen LogP contribution in [0.3, 0.4) is 0 Å². The van der Waals surface area contributed by atoms with Crippen LogP contribution >= 0.6 is 0 Å². The molecule has 0 aliphatic rings. The minimum atomic E-state index is -4.67. The molecule has 6 heteroatoms. The van der Waals surface area contributed by atoms with Crippen LogP contribution in [0.15, 0.2) is 29.3 Å². The van der Waals surface area contributed by atoms with Gasteiger partial charge in [-0.25, -0.2) is 0 Å². The highest BCUT2D eigenvalue weighted by atomic mass is 19.4. The number of aliphatic imine (C=N–C) groups is 1. The van der Waals surface area contributed by atoms with Gasteiger partial charge in [-0.3, -0.25) is 4.99 Å². The van der Waals surface area contributed by atoms with Crippen molar-refractivity contribution in [3.05, 3.63) is 24.3 Å². The van der Waals surface area contributed by atoms with Crippen LogP contribution in [0.25, 0.3) is 0 Å². The van der Waals surface area contributed by atoms with E-state index < -0.39 is 6.36 Å². The molecule has 106 valence electrons. The zero-order valence-corrected chi connectivity index (χ0v) is 11.3.